The van der Waals surface area contributed by atoms with Gasteiger partial charge in [0.15, 0.2) is 5.82 Å². The quantitative estimate of drug-likeness (QED) is 0.414. The summed E-state index contributed by atoms with van der Waals surface area (Å²) in [6, 6.07) is 6.26. The fourth-order valence-electron chi connectivity index (χ4n) is 4.82. The third kappa shape index (κ3) is 5.21. The molecule has 2 fully saturated rings. The minimum absolute atomic E-state index is 0.0292. The van der Waals surface area contributed by atoms with E-state index < -0.39 is 6.04 Å². The highest BCUT2D eigenvalue weighted by Gasteiger charge is 2.48. The van der Waals surface area contributed by atoms with Crippen LogP contribution in [0.2, 0.25) is 0 Å². The van der Waals surface area contributed by atoms with Crippen LogP contribution in [0.4, 0.5) is 5.82 Å². The predicted octanol–water partition coefficient (Wildman–Crippen LogP) is 2.57. The number of aromatic amines is 1. The fourth-order valence-corrected chi connectivity index (χ4v) is 4.82. The second-order valence-electron chi connectivity index (χ2n) is 9.87. The number of hydrogen-bond donors (Lipinski definition) is 3. The van der Waals surface area contributed by atoms with Gasteiger partial charge in [-0.05, 0) is 69.4 Å². The second-order valence-corrected chi connectivity index (χ2v) is 9.87. The number of rotatable bonds is 10. The summed E-state index contributed by atoms with van der Waals surface area (Å²) in [6.45, 7) is 4.22. The monoisotopic (exact) mass is 477 g/mol. The Balaban J connectivity index is 1.33. The predicted molar refractivity (Wildman–Crippen MR) is 130 cm³/mol. The fraction of sp³-hybridized carbons (Fsp3) is 0.480. The molecule has 2 aliphatic rings. The number of hydrogen-bond acceptors (Lipinski definition) is 5. The molecule has 10 heteroatoms. The summed E-state index contributed by atoms with van der Waals surface area (Å²) in [7, 11) is 0. The van der Waals surface area contributed by atoms with Crippen LogP contribution in [0.3, 0.4) is 0 Å². The molecule has 2 saturated carbocycles. The first-order valence-electron chi connectivity index (χ1n) is 12.3. The van der Waals surface area contributed by atoms with Crippen molar-refractivity contribution in [3.8, 4) is 0 Å². The molecule has 10 nitrogen and oxygen atoms in total. The van der Waals surface area contributed by atoms with Crippen molar-refractivity contribution in [3.05, 3.63) is 64.5 Å². The molecule has 3 heterocycles. The van der Waals surface area contributed by atoms with Crippen LogP contribution in [0.25, 0.3) is 0 Å². The highest BCUT2D eigenvalue weighted by atomic mass is 16.2. The van der Waals surface area contributed by atoms with Gasteiger partial charge in [0.2, 0.25) is 5.91 Å². The summed E-state index contributed by atoms with van der Waals surface area (Å²) in [5, 5.41) is 14.6. The van der Waals surface area contributed by atoms with E-state index in [4.69, 9.17) is 0 Å². The Kier molecular flexibility index (Phi) is 6.27. The van der Waals surface area contributed by atoms with Crippen LogP contribution in [0.5, 0.6) is 0 Å². The smallest absolute Gasteiger partial charge is 0.270 e. The third-order valence-corrected chi connectivity index (χ3v) is 6.80. The number of nitrogens with one attached hydrogen (secondary N) is 3. The Morgan fingerprint density at radius 2 is 1.89 bits per heavy atom. The van der Waals surface area contributed by atoms with E-state index in [0.29, 0.717) is 28.9 Å². The van der Waals surface area contributed by atoms with Crippen LogP contribution in [0.15, 0.2) is 47.7 Å². The lowest BCUT2D eigenvalue weighted by Crippen LogP contribution is -2.50. The molecule has 0 spiro atoms. The first kappa shape index (κ1) is 23.1. The van der Waals surface area contributed by atoms with Gasteiger partial charge in [0.25, 0.3) is 11.5 Å². The number of nitrogens with zero attached hydrogens (tertiary/aromatic N) is 4. The molecular weight excluding hydrogens is 446 g/mol. The molecular formula is C25H31N7O3. The number of H-pyrrole nitrogens is 1. The second kappa shape index (κ2) is 9.52. The maximum Gasteiger partial charge on any atom is 0.270 e. The van der Waals surface area contributed by atoms with E-state index in [1.54, 1.807) is 52.2 Å². The lowest BCUT2D eigenvalue weighted by molar-refractivity contribution is -0.119. The van der Waals surface area contributed by atoms with Crippen molar-refractivity contribution in [3.63, 3.8) is 0 Å². The van der Waals surface area contributed by atoms with Crippen LogP contribution in [0, 0.1) is 17.8 Å². The Hall–Kier alpha value is -3.69. The van der Waals surface area contributed by atoms with Crippen LogP contribution in [-0.2, 0) is 11.3 Å². The number of pyridine rings is 1. The first-order valence-corrected chi connectivity index (χ1v) is 12.3. The maximum atomic E-state index is 13.5. The number of carbonyl (C=O) groups excluding carboxylic acids is 2. The molecule has 0 aromatic carbocycles. The number of aromatic nitrogens is 5. The number of carbonyl (C=O) groups is 2. The molecule has 0 bridgehead atoms. The molecule has 3 aromatic heterocycles. The molecule has 0 saturated heterocycles. The standard InChI is InChI=1S/C25H31N7O3/c1-15(2)32-19(9-12-27-32)24(34)29-22(21(16-5-6-16)17-7-8-17)25(35)28-20-10-13-31(30-20)14-18-4-3-11-26-23(18)33/h3-4,9-13,15-17,21-22H,5-8,14H2,1-2H3,(H,26,33)(H,29,34)(H,28,30,35). The lowest BCUT2D eigenvalue weighted by atomic mass is 9.88. The molecule has 0 aliphatic heterocycles. The van der Waals surface area contributed by atoms with Gasteiger partial charge in [-0.25, -0.2) is 0 Å². The zero-order valence-electron chi connectivity index (χ0n) is 20.0. The van der Waals surface area contributed by atoms with Gasteiger partial charge in [0.05, 0.1) is 6.54 Å². The van der Waals surface area contributed by atoms with Crippen LogP contribution >= 0.6 is 0 Å². The van der Waals surface area contributed by atoms with Gasteiger partial charge < -0.3 is 15.6 Å². The lowest BCUT2D eigenvalue weighted by Gasteiger charge is -2.27. The third-order valence-electron chi connectivity index (χ3n) is 6.80. The van der Waals surface area contributed by atoms with Crippen LogP contribution in [-0.4, -0.2) is 42.4 Å². The Labute approximate surface area is 203 Å². The Morgan fingerprint density at radius 3 is 2.54 bits per heavy atom. The molecule has 2 aliphatic carbocycles. The maximum absolute atomic E-state index is 13.5. The molecule has 3 N–H and O–H groups in total. The normalized spacial score (nSPS) is 16.5. The molecule has 2 amide bonds. The van der Waals surface area contributed by atoms with Crippen LogP contribution < -0.4 is 16.2 Å². The van der Waals surface area contributed by atoms with Crippen molar-refractivity contribution >= 4 is 17.6 Å². The van der Waals surface area contributed by atoms with Gasteiger partial charge >= 0.3 is 0 Å². The zero-order valence-corrected chi connectivity index (χ0v) is 20.0. The molecule has 35 heavy (non-hydrogen) atoms. The molecule has 1 unspecified atom stereocenters. The van der Waals surface area contributed by atoms with Gasteiger partial charge in [-0.1, -0.05) is 6.07 Å². The van der Waals surface area contributed by atoms with Gasteiger partial charge in [-0.3, -0.25) is 23.7 Å². The largest absolute Gasteiger partial charge is 0.339 e. The van der Waals surface area contributed by atoms with E-state index in [0.717, 1.165) is 25.7 Å². The van der Waals surface area contributed by atoms with Gasteiger partial charge in [0.1, 0.15) is 11.7 Å². The number of anilines is 1. The summed E-state index contributed by atoms with van der Waals surface area (Å²) in [4.78, 5) is 41.3. The van der Waals surface area contributed by atoms with E-state index in [1.807, 2.05) is 13.8 Å². The van der Waals surface area contributed by atoms with Crippen molar-refractivity contribution < 1.29 is 9.59 Å². The van der Waals surface area contributed by atoms with Gasteiger partial charge in [-0.2, -0.15) is 10.2 Å². The summed E-state index contributed by atoms with van der Waals surface area (Å²) in [5.41, 5.74) is 0.845. The summed E-state index contributed by atoms with van der Waals surface area (Å²) >= 11 is 0. The molecule has 5 rings (SSSR count). The van der Waals surface area contributed by atoms with Crippen LogP contribution in [0.1, 0.15) is 61.6 Å². The topological polar surface area (TPSA) is 127 Å². The van der Waals surface area contributed by atoms with E-state index in [1.165, 1.54) is 0 Å². The SMILES string of the molecule is CC(C)n1nccc1C(=O)NC(C(=O)Nc1ccn(Cc2ccc[nH]c2=O)n1)C(C1CC1)C1CC1. The minimum Gasteiger partial charge on any atom is -0.339 e. The minimum atomic E-state index is -0.653. The highest BCUT2D eigenvalue weighted by molar-refractivity contribution is 6.00. The summed E-state index contributed by atoms with van der Waals surface area (Å²) in [6.07, 6.45) is 9.26. The first-order chi connectivity index (χ1) is 16.9. The van der Waals surface area contributed by atoms with Gasteiger partial charge in [0, 0.05) is 36.3 Å². The van der Waals surface area contributed by atoms with Crippen molar-refractivity contribution in [1.82, 2.24) is 29.9 Å². The van der Waals surface area contributed by atoms with Crippen molar-refractivity contribution in [2.45, 2.75) is 58.2 Å². The van der Waals surface area contributed by atoms with Crippen molar-refractivity contribution in [2.75, 3.05) is 5.32 Å². The Bertz CT molecular complexity index is 1250. The summed E-state index contributed by atoms with van der Waals surface area (Å²) in [5.74, 6) is 0.849. The molecule has 1 atom stereocenters. The van der Waals surface area contributed by atoms with E-state index in [-0.39, 0.29) is 35.9 Å². The van der Waals surface area contributed by atoms with E-state index >= 15 is 0 Å². The Morgan fingerprint density at radius 1 is 1.14 bits per heavy atom. The van der Waals surface area contributed by atoms with Crippen molar-refractivity contribution in [1.29, 1.82) is 0 Å². The van der Waals surface area contributed by atoms with E-state index in [2.05, 4.69) is 25.8 Å². The van der Waals surface area contributed by atoms with E-state index in [9.17, 15) is 14.4 Å². The molecule has 0 radical (unpaired) electrons. The van der Waals surface area contributed by atoms with Gasteiger partial charge in [-0.15, -0.1) is 0 Å². The molecule has 3 aromatic rings. The van der Waals surface area contributed by atoms with Crippen molar-refractivity contribution in [2.24, 2.45) is 17.8 Å². The average Bonchev–Trinajstić information content (AvgIpc) is 3.75. The average molecular weight is 478 g/mol. The highest BCUT2D eigenvalue weighted by Crippen LogP contribution is 2.50. The molecule has 184 valence electrons. The number of amides is 2. The zero-order chi connectivity index (χ0) is 24.5. The summed E-state index contributed by atoms with van der Waals surface area (Å²) < 4.78 is 3.27.